The lowest BCUT2D eigenvalue weighted by molar-refractivity contribution is -0.119. The summed E-state index contributed by atoms with van der Waals surface area (Å²) in [4.78, 5) is 12.1. The highest BCUT2D eigenvalue weighted by Crippen LogP contribution is 2.21. The minimum absolute atomic E-state index is 0.0222. The Hall–Kier alpha value is -2.01. The van der Waals surface area contributed by atoms with E-state index in [1.165, 1.54) is 30.5 Å². The minimum atomic E-state index is -0.380. The predicted molar refractivity (Wildman–Crippen MR) is 101 cm³/mol. The molecule has 0 heterocycles. The highest BCUT2D eigenvalue weighted by Gasteiger charge is 2.10. The van der Waals surface area contributed by atoms with E-state index >= 15 is 0 Å². The van der Waals surface area contributed by atoms with Crippen molar-refractivity contribution in [2.75, 3.05) is 12.9 Å². The first-order valence-corrected chi connectivity index (χ1v) is 9.47. The normalized spacial score (nSPS) is 11.8. The van der Waals surface area contributed by atoms with Crippen molar-refractivity contribution in [1.82, 2.24) is 5.32 Å². The summed E-state index contributed by atoms with van der Waals surface area (Å²) in [5, 5.41) is 3.00. The first-order chi connectivity index (χ1) is 12.0. The number of halogens is 1. The van der Waals surface area contributed by atoms with Crippen molar-refractivity contribution in [2.45, 2.75) is 32.1 Å². The summed E-state index contributed by atoms with van der Waals surface area (Å²) >= 11 is 1.46. The van der Waals surface area contributed by atoms with Crippen LogP contribution in [-0.4, -0.2) is 18.8 Å². The number of amides is 1. The third-order valence-electron chi connectivity index (χ3n) is 3.98. The molecular formula is C20H24FNO2S. The third-order valence-corrected chi connectivity index (χ3v) is 4.99. The Bertz CT molecular complexity index is 703. The van der Waals surface area contributed by atoms with Crippen LogP contribution in [0.2, 0.25) is 0 Å². The maximum atomic E-state index is 13.6. The largest absolute Gasteiger partial charge is 0.494 e. The number of hydrogen-bond donors (Lipinski definition) is 1. The lowest BCUT2D eigenvalue weighted by Gasteiger charge is -2.14. The molecule has 0 spiro atoms. The molecule has 2 aromatic rings. The number of aryl methyl sites for hydroxylation is 1. The molecule has 5 heteroatoms. The van der Waals surface area contributed by atoms with Gasteiger partial charge in [-0.15, -0.1) is 11.8 Å². The molecule has 3 nitrogen and oxygen atoms in total. The molecule has 0 saturated heterocycles. The zero-order valence-electron chi connectivity index (χ0n) is 14.8. The second-order valence-corrected chi connectivity index (χ2v) is 6.83. The number of methoxy groups -OCH3 is 1. The smallest absolute Gasteiger partial charge is 0.230 e. The molecule has 0 radical (unpaired) electrons. The van der Waals surface area contributed by atoms with Gasteiger partial charge < -0.3 is 10.1 Å². The Morgan fingerprint density at radius 3 is 2.48 bits per heavy atom. The van der Waals surface area contributed by atoms with Crippen LogP contribution >= 0.6 is 11.8 Å². The van der Waals surface area contributed by atoms with Crippen LogP contribution < -0.4 is 10.1 Å². The molecule has 1 atom stereocenters. The molecule has 0 aromatic heterocycles. The second-order valence-electron chi connectivity index (χ2n) is 5.85. The number of carbonyl (C=O) groups is 1. The number of nitrogens with one attached hydrogen (secondary N) is 1. The van der Waals surface area contributed by atoms with Crippen molar-refractivity contribution in [1.29, 1.82) is 0 Å². The van der Waals surface area contributed by atoms with Crippen LogP contribution in [0.25, 0.3) is 0 Å². The molecule has 0 unspecified atom stereocenters. The molecule has 134 valence electrons. The zero-order valence-corrected chi connectivity index (χ0v) is 15.7. The minimum Gasteiger partial charge on any atom is -0.494 e. The predicted octanol–water partition coefficient (Wildman–Crippen LogP) is 4.51. The number of thioether (sulfide) groups is 1. The fraction of sp³-hybridized carbons (Fsp3) is 0.350. The highest BCUT2D eigenvalue weighted by molar-refractivity contribution is 7.99. The van der Waals surface area contributed by atoms with Crippen LogP contribution in [0.4, 0.5) is 4.39 Å². The third kappa shape index (κ3) is 5.78. The van der Waals surface area contributed by atoms with Crippen LogP contribution in [0.1, 0.15) is 36.6 Å². The summed E-state index contributed by atoms with van der Waals surface area (Å²) in [5.41, 5.74) is 3.21. The Kier molecular flexibility index (Phi) is 7.31. The molecule has 2 aromatic carbocycles. The fourth-order valence-corrected chi connectivity index (χ4v) is 3.26. The van der Waals surface area contributed by atoms with Crippen LogP contribution in [0, 0.1) is 5.82 Å². The molecule has 0 aliphatic rings. The van der Waals surface area contributed by atoms with Gasteiger partial charge in [-0.25, -0.2) is 4.39 Å². The van der Waals surface area contributed by atoms with Gasteiger partial charge in [0, 0.05) is 5.75 Å². The van der Waals surface area contributed by atoms with Gasteiger partial charge in [0.1, 0.15) is 0 Å². The average molecular weight is 361 g/mol. The molecule has 1 amide bonds. The number of rotatable bonds is 8. The lowest BCUT2D eigenvalue weighted by atomic mass is 10.1. The van der Waals surface area contributed by atoms with Crippen LogP contribution in [0.5, 0.6) is 5.75 Å². The summed E-state index contributed by atoms with van der Waals surface area (Å²) in [6, 6.07) is 13.1. The van der Waals surface area contributed by atoms with Crippen molar-refractivity contribution >= 4 is 17.7 Å². The standard InChI is InChI=1S/C20H24FNO2S/c1-4-15-5-8-17(9-6-15)14(2)22-20(23)13-25-12-16-7-10-19(24-3)18(21)11-16/h5-11,14H,4,12-13H2,1-3H3,(H,22,23)/t14-/m1/s1. The fourth-order valence-electron chi connectivity index (χ4n) is 2.47. The maximum Gasteiger partial charge on any atom is 0.230 e. The van der Waals surface area contributed by atoms with Gasteiger partial charge in [0.15, 0.2) is 11.6 Å². The number of hydrogen-bond acceptors (Lipinski definition) is 3. The Morgan fingerprint density at radius 2 is 1.88 bits per heavy atom. The molecule has 1 N–H and O–H groups in total. The van der Waals surface area contributed by atoms with E-state index in [4.69, 9.17) is 4.74 Å². The Morgan fingerprint density at radius 1 is 1.20 bits per heavy atom. The van der Waals surface area contributed by atoms with Gasteiger partial charge in [-0.3, -0.25) is 4.79 Å². The van der Waals surface area contributed by atoms with E-state index in [9.17, 15) is 9.18 Å². The van der Waals surface area contributed by atoms with Gasteiger partial charge >= 0.3 is 0 Å². The summed E-state index contributed by atoms with van der Waals surface area (Å²) in [6.45, 7) is 4.09. The van der Waals surface area contributed by atoms with Gasteiger partial charge in [0.2, 0.25) is 5.91 Å². The van der Waals surface area contributed by atoms with Crippen LogP contribution in [0.15, 0.2) is 42.5 Å². The number of ether oxygens (including phenoxy) is 1. The zero-order chi connectivity index (χ0) is 18.2. The van der Waals surface area contributed by atoms with Gasteiger partial charge in [-0.05, 0) is 42.2 Å². The Balaban J connectivity index is 1.78. The summed E-state index contributed by atoms with van der Waals surface area (Å²) in [7, 11) is 1.44. The van der Waals surface area contributed by atoms with Crippen molar-refractivity contribution in [3.05, 3.63) is 65.0 Å². The van der Waals surface area contributed by atoms with E-state index in [0.717, 1.165) is 17.5 Å². The maximum absolute atomic E-state index is 13.6. The first kappa shape index (κ1) is 19.3. The monoisotopic (exact) mass is 361 g/mol. The van der Waals surface area contributed by atoms with Gasteiger partial charge in [0.25, 0.3) is 0 Å². The molecule has 0 aliphatic carbocycles. The van der Waals surface area contributed by atoms with Gasteiger partial charge in [-0.2, -0.15) is 0 Å². The van der Waals surface area contributed by atoms with Crippen LogP contribution in [-0.2, 0) is 17.0 Å². The van der Waals surface area contributed by atoms with Crippen molar-refractivity contribution in [3.8, 4) is 5.75 Å². The van der Waals surface area contributed by atoms with E-state index in [1.807, 2.05) is 13.0 Å². The molecule has 0 aliphatic heterocycles. The van der Waals surface area contributed by atoms with E-state index in [1.54, 1.807) is 6.07 Å². The number of benzene rings is 2. The lowest BCUT2D eigenvalue weighted by Crippen LogP contribution is -2.28. The second kappa shape index (κ2) is 9.47. The molecule has 0 bridgehead atoms. The first-order valence-electron chi connectivity index (χ1n) is 8.31. The average Bonchev–Trinajstić information content (AvgIpc) is 2.62. The van der Waals surface area contributed by atoms with Crippen molar-refractivity contribution in [2.24, 2.45) is 0 Å². The van der Waals surface area contributed by atoms with Crippen molar-refractivity contribution in [3.63, 3.8) is 0 Å². The molecule has 25 heavy (non-hydrogen) atoms. The van der Waals surface area contributed by atoms with Gasteiger partial charge in [0.05, 0.1) is 18.9 Å². The quantitative estimate of drug-likeness (QED) is 0.752. The highest BCUT2D eigenvalue weighted by atomic mass is 32.2. The van der Waals surface area contributed by atoms with Crippen molar-refractivity contribution < 1.29 is 13.9 Å². The topological polar surface area (TPSA) is 38.3 Å². The molecule has 0 fully saturated rings. The van der Waals surface area contributed by atoms with E-state index in [0.29, 0.717) is 11.5 Å². The van der Waals surface area contributed by atoms with E-state index in [2.05, 4.69) is 36.5 Å². The summed E-state index contributed by atoms with van der Waals surface area (Å²) in [5.74, 6) is 0.744. The molecule has 2 rings (SSSR count). The number of carbonyl (C=O) groups excluding carboxylic acids is 1. The van der Waals surface area contributed by atoms with Gasteiger partial charge in [-0.1, -0.05) is 37.3 Å². The summed E-state index contributed by atoms with van der Waals surface area (Å²) in [6.07, 6.45) is 1.00. The van der Waals surface area contributed by atoms with Crippen LogP contribution in [0.3, 0.4) is 0 Å². The Labute approximate surface area is 153 Å². The summed E-state index contributed by atoms with van der Waals surface area (Å²) < 4.78 is 18.5. The molecule has 0 saturated carbocycles. The molecular weight excluding hydrogens is 337 g/mol. The SMILES string of the molecule is CCc1ccc([C@@H](C)NC(=O)CSCc2ccc(OC)c(F)c2)cc1. The van der Waals surface area contributed by atoms with E-state index in [-0.39, 0.29) is 23.5 Å². The van der Waals surface area contributed by atoms with E-state index < -0.39 is 0 Å².